The first-order valence-corrected chi connectivity index (χ1v) is 7.38. The maximum atomic E-state index is 5.34. The molecule has 0 fully saturated rings. The fourth-order valence-corrected chi connectivity index (χ4v) is 3.05. The van der Waals surface area contributed by atoms with Gasteiger partial charge >= 0.3 is 0 Å². The van der Waals surface area contributed by atoms with E-state index in [2.05, 4.69) is 55.6 Å². The second kappa shape index (κ2) is 6.85. The van der Waals surface area contributed by atoms with Crippen molar-refractivity contribution in [1.82, 2.24) is 5.32 Å². The monoisotopic (exact) mass is 275 g/mol. The van der Waals surface area contributed by atoms with E-state index in [1.807, 2.05) is 17.4 Å². The Morgan fingerprint density at radius 3 is 2.47 bits per heavy atom. The summed E-state index contributed by atoms with van der Waals surface area (Å²) in [6, 6.07) is 15.4. The Morgan fingerprint density at radius 1 is 1.16 bits per heavy atom. The van der Waals surface area contributed by atoms with Gasteiger partial charge in [0, 0.05) is 22.9 Å². The highest BCUT2D eigenvalue weighted by molar-refractivity contribution is 7.12. The van der Waals surface area contributed by atoms with Gasteiger partial charge in [0.2, 0.25) is 0 Å². The summed E-state index contributed by atoms with van der Waals surface area (Å²) >= 11 is 1.85. The van der Waals surface area contributed by atoms with E-state index >= 15 is 0 Å². The third-order valence-electron chi connectivity index (χ3n) is 3.17. The number of hydrogen-bond donors (Lipinski definition) is 1. The molecule has 19 heavy (non-hydrogen) atoms. The van der Waals surface area contributed by atoms with E-state index in [1.54, 1.807) is 7.11 Å². The van der Waals surface area contributed by atoms with Gasteiger partial charge in [-0.1, -0.05) is 30.3 Å². The number of ether oxygens (including phenoxy) is 1. The molecule has 0 bridgehead atoms. The molecule has 0 amide bonds. The quantitative estimate of drug-likeness (QED) is 0.857. The van der Waals surface area contributed by atoms with Crippen LogP contribution >= 0.6 is 11.3 Å². The van der Waals surface area contributed by atoms with Crippen LogP contribution in [0.3, 0.4) is 0 Å². The molecule has 102 valence electrons. The number of hydrogen-bond acceptors (Lipinski definition) is 3. The molecule has 3 heteroatoms. The van der Waals surface area contributed by atoms with Crippen LogP contribution in [0.2, 0.25) is 0 Å². The summed E-state index contributed by atoms with van der Waals surface area (Å²) in [4.78, 5) is 2.72. The molecule has 0 aliphatic rings. The van der Waals surface area contributed by atoms with Crippen LogP contribution in [0.25, 0.3) is 0 Å². The van der Waals surface area contributed by atoms with E-state index in [1.165, 1.54) is 15.3 Å². The van der Waals surface area contributed by atoms with Gasteiger partial charge in [0.25, 0.3) is 0 Å². The average molecular weight is 275 g/mol. The lowest BCUT2D eigenvalue weighted by Crippen LogP contribution is -2.27. The number of aryl methyl sites for hydroxylation is 1. The van der Waals surface area contributed by atoms with Crippen molar-refractivity contribution in [3.8, 4) is 0 Å². The predicted octanol–water partition coefficient (Wildman–Crippen LogP) is 4.09. The van der Waals surface area contributed by atoms with E-state index in [9.17, 15) is 0 Å². The number of thiophene rings is 1. The predicted molar refractivity (Wildman–Crippen MR) is 81.7 cm³/mol. The number of benzene rings is 1. The van der Waals surface area contributed by atoms with Crippen LogP contribution in [-0.4, -0.2) is 13.7 Å². The maximum absolute atomic E-state index is 5.34. The Hall–Kier alpha value is -1.16. The molecule has 2 atom stereocenters. The lowest BCUT2D eigenvalue weighted by molar-refractivity contribution is 0.162. The molecule has 1 heterocycles. The Bertz CT molecular complexity index is 494. The lowest BCUT2D eigenvalue weighted by Gasteiger charge is -2.22. The molecule has 2 rings (SSSR count). The Morgan fingerprint density at radius 2 is 1.89 bits per heavy atom. The van der Waals surface area contributed by atoms with E-state index < -0.39 is 0 Å². The Labute approximate surface area is 119 Å². The molecule has 2 aromatic rings. The van der Waals surface area contributed by atoms with Crippen molar-refractivity contribution in [3.05, 3.63) is 57.8 Å². The van der Waals surface area contributed by atoms with Gasteiger partial charge < -0.3 is 10.1 Å². The molecule has 2 unspecified atom stereocenters. The fourth-order valence-electron chi connectivity index (χ4n) is 2.16. The fraction of sp³-hybridized carbons (Fsp3) is 0.375. The summed E-state index contributed by atoms with van der Waals surface area (Å²) in [5.74, 6) is 0. The molecular formula is C16H21NOS. The normalized spacial score (nSPS) is 14.3. The Kier molecular flexibility index (Phi) is 5.14. The van der Waals surface area contributed by atoms with Crippen molar-refractivity contribution in [1.29, 1.82) is 0 Å². The zero-order chi connectivity index (χ0) is 13.7. The third kappa shape index (κ3) is 3.90. The summed E-state index contributed by atoms with van der Waals surface area (Å²) < 4.78 is 5.34. The standard InChI is InChI=1S/C16H21NOS/c1-12-9-10-16(19-12)13(2)17-15(11-18-3)14-7-5-4-6-8-14/h4-10,13,15,17H,11H2,1-3H3. The van der Waals surface area contributed by atoms with Crippen LogP contribution in [0, 0.1) is 6.92 Å². The van der Waals surface area contributed by atoms with Gasteiger partial charge in [-0.2, -0.15) is 0 Å². The van der Waals surface area contributed by atoms with Crippen molar-refractivity contribution in [2.75, 3.05) is 13.7 Å². The summed E-state index contributed by atoms with van der Waals surface area (Å²) in [5, 5.41) is 3.65. The van der Waals surface area contributed by atoms with E-state index in [4.69, 9.17) is 4.74 Å². The van der Waals surface area contributed by atoms with Crippen LogP contribution < -0.4 is 5.32 Å². The van der Waals surface area contributed by atoms with Crippen LogP contribution in [0.4, 0.5) is 0 Å². The molecule has 1 aromatic carbocycles. The van der Waals surface area contributed by atoms with Crippen molar-refractivity contribution < 1.29 is 4.74 Å². The van der Waals surface area contributed by atoms with Crippen LogP contribution in [-0.2, 0) is 4.74 Å². The minimum absolute atomic E-state index is 0.226. The molecule has 1 aromatic heterocycles. The second-order valence-corrected chi connectivity index (χ2v) is 6.07. The van der Waals surface area contributed by atoms with Crippen molar-refractivity contribution in [2.45, 2.75) is 25.9 Å². The van der Waals surface area contributed by atoms with Crippen molar-refractivity contribution >= 4 is 11.3 Å². The smallest absolute Gasteiger partial charge is 0.0657 e. The van der Waals surface area contributed by atoms with Crippen molar-refractivity contribution in [2.24, 2.45) is 0 Å². The van der Waals surface area contributed by atoms with Gasteiger partial charge in [-0.25, -0.2) is 0 Å². The van der Waals surface area contributed by atoms with Gasteiger partial charge in [-0.3, -0.25) is 0 Å². The number of methoxy groups -OCH3 is 1. The highest BCUT2D eigenvalue weighted by Crippen LogP contribution is 2.25. The molecule has 1 N–H and O–H groups in total. The first-order chi connectivity index (χ1) is 9.20. The molecule has 2 nitrogen and oxygen atoms in total. The summed E-state index contributed by atoms with van der Waals surface area (Å²) in [7, 11) is 1.75. The topological polar surface area (TPSA) is 21.3 Å². The minimum Gasteiger partial charge on any atom is -0.383 e. The van der Waals surface area contributed by atoms with Gasteiger partial charge in [0.15, 0.2) is 0 Å². The molecular weight excluding hydrogens is 254 g/mol. The van der Waals surface area contributed by atoms with Crippen LogP contribution in [0.15, 0.2) is 42.5 Å². The summed E-state index contributed by atoms with van der Waals surface area (Å²) in [6.45, 7) is 5.03. The van der Waals surface area contributed by atoms with Gasteiger partial charge in [-0.15, -0.1) is 11.3 Å². The van der Waals surface area contributed by atoms with Gasteiger partial charge in [0.05, 0.1) is 12.6 Å². The maximum Gasteiger partial charge on any atom is 0.0657 e. The zero-order valence-electron chi connectivity index (χ0n) is 11.7. The average Bonchev–Trinajstić information content (AvgIpc) is 2.86. The first-order valence-electron chi connectivity index (χ1n) is 6.57. The Balaban J connectivity index is 2.08. The summed E-state index contributed by atoms with van der Waals surface area (Å²) in [6.07, 6.45) is 0. The molecule has 0 radical (unpaired) electrons. The molecule has 0 saturated heterocycles. The van der Waals surface area contributed by atoms with Crippen molar-refractivity contribution in [3.63, 3.8) is 0 Å². The number of nitrogens with one attached hydrogen (secondary N) is 1. The van der Waals surface area contributed by atoms with Gasteiger partial charge in [-0.05, 0) is 31.5 Å². The van der Waals surface area contributed by atoms with Crippen LogP contribution in [0.1, 0.15) is 34.3 Å². The lowest BCUT2D eigenvalue weighted by atomic mass is 10.1. The number of rotatable bonds is 6. The van der Waals surface area contributed by atoms with Gasteiger partial charge in [0.1, 0.15) is 0 Å². The van der Waals surface area contributed by atoms with E-state index in [0.29, 0.717) is 12.6 Å². The molecule has 0 aliphatic carbocycles. The minimum atomic E-state index is 0.226. The third-order valence-corrected chi connectivity index (χ3v) is 4.36. The van der Waals surface area contributed by atoms with E-state index in [0.717, 1.165) is 0 Å². The first kappa shape index (κ1) is 14.3. The zero-order valence-corrected chi connectivity index (χ0v) is 12.5. The second-order valence-electron chi connectivity index (χ2n) is 4.76. The van der Waals surface area contributed by atoms with E-state index in [-0.39, 0.29) is 6.04 Å². The highest BCUT2D eigenvalue weighted by atomic mass is 32.1. The highest BCUT2D eigenvalue weighted by Gasteiger charge is 2.16. The van der Waals surface area contributed by atoms with Crippen LogP contribution in [0.5, 0.6) is 0 Å². The largest absolute Gasteiger partial charge is 0.383 e. The molecule has 0 aliphatic heterocycles. The summed E-state index contributed by atoms with van der Waals surface area (Å²) in [5.41, 5.74) is 1.27. The SMILES string of the molecule is COCC(NC(C)c1ccc(C)s1)c1ccccc1. The molecule has 0 spiro atoms. The molecule has 0 saturated carbocycles.